The smallest absolute Gasteiger partial charge is 0.262 e. The van der Waals surface area contributed by atoms with E-state index in [-0.39, 0.29) is 11.4 Å². The van der Waals surface area contributed by atoms with Crippen molar-refractivity contribution in [1.82, 2.24) is 20.4 Å². The first-order chi connectivity index (χ1) is 15.8. The van der Waals surface area contributed by atoms with Crippen molar-refractivity contribution in [1.29, 1.82) is 0 Å². The zero-order chi connectivity index (χ0) is 23.7. The van der Waals surface area contributed by atoms with Gasteiger partial charge in [-0.1, -0.05) is 18.2 Å². The molecule has 6 nitrogen and oxygen atoms in total. The third kappa shape index (κ3) is 4.61. The van der Waals surface area contributed by atoms with Crippen molar-refractivity contribution < 1.29 is 22.8 Å². The molecule has 2 amide bonds. The van der Waals surface area contributed by atoms with Gasteiger partial charge in [0.2, 0.25) is 5.91 Å². The summed E-state index contributed by atoms with van der Waals surface area (Å²) in [6, 6.07) is 9.55. The lowest BCUT2D eigenvalue weighted by molar-refractivity contribution is -0.122. The monoisotopic (exact) mass is 472 g/mol. The van der Waals surface area contributed by atoms with Gasteiger partial charge in [-0.25, -0.2) is 13.2 Å². The molecule has 2 N–H and O–H groups in total. The molecule has 0 aliphatic carbocycles. The Morgan fingerprint density at radius 3 is 2.45 bits per heavy atom. The van der Waals surface area contributed by atoms with Gasteiger partial charge in [0.05, 0.1) is 17.1 Å². The summed E-state index contributed by atoms with van der Waals surface area (Å²) in [7, 11) is 1.38. The molecule has 0 saturated heterocycles. The normalized spacial score (nSPS) is 12.0. The van der Waals surface area contributed by atoms with E-state index in [1.807, 2.05) is 6.92 Å². The average molecular weight is 472 g/mol. The number of amides is 2. The Morgan fingerprint density at radius 2 is 1.79 bits per heavy atom. The van der Waals surface area contributed by atoms with Crippen LogP contribution < -0.4 is 10.6 Å². The molecule has 1 unspecified atom stereocenters. The van der Waals surface area contributed by atoms with E-state index in [0.717, 1.165) is 27.9 Å². The molecule has 0 fully saturated rings. The lowest BCUT2D eigenvalue weighted by atomic mass is 10.1. The predicted octanol–water partition coefficient (Wildman–Crippen LogP) is 4.09. The highest BCUT2D eigenvalue weighted by Crippen LogP contribution is 2.29. The van der Waals surface area contributed by atoms with Gasteiger partial charge in [0, 0.05) is 12.4 Å². The van der Waals surface area contributed by atoms with Crippen LogP contribution in [0.5, 0.6) is 0 Å². The third-order valence-electron chi connectivity index (χ3n) is 5.14. The molecule has 2 aromatic heterocycles. The highest BCUT2D eigenvalue weighted by Gasteiger charge is 2.25. The number of likely N-dealkylation sites (N-methyl/N-ethyl adjacent to an activating group) is 1. The van der Waals surface area contributed by atoms with Gasteiger partial charge in [-0.05, 0) is 48.4 Å². The van der Waals surface area contributed by atoms with Gasteiger partial charge in [0.25, 0.3) is 5.91 Å². The summed E-state index contributed by atoms with van der Waals surface area (Å²) in [4.78, 5) is 26.4. The number of carbonyl (C=O) groups is 2. The number of carbonyl (C=O) groups excluding carboxylic acids is 2. The van der Waals surface area contributed by atoms with Crippen molar-refractivity contribution in [3.63, 3.8) is 0 Å². The summed E-state index contributed by atoms with van der Waals surface area (Å²) >= 11 is 1.19. The fourth-order valence-corrected chi connectivity index (χ4v) is 4.50. The molecule has 4 aromatic rings. The number of nitrogens with zero attached hydrogens (tertiary/aromatic N) is 2. The number of thiophene rings is 1. The van der Waals surface area contributed by atoms with Gasteiger partial charge in [0.1, 0.15) is 16.7 Å². The standard InChI is InChI=1S/C23H19F3N4O2S/c1-12-16-10-19(33-23(16)30(29-12)11-13-3-6-15(24)7-4-13)21(31)28-20(22(32)27-2)14-5-8-17(25)18(26)9-14/h3-10,20H,11H2,1-2H3,(H,27,32)(H,28,31). The van der Waals surface area contributed by atoms with Crippen LogP contribution in [0.2, 0.25) is 0 Å². The number of hydrogen-bond donors (Lipinski definition) is 2. The molecule has 2 aromatic carbocycles. The SMILES string of the molecule is CNC(=O)C(NC(=O)c1cc2c(C)nn(Cc3ccc(F)cc3)c2s1)c1ccc(F)c(F)c1. The third-order valence-corrected chi connectivity index (χ3v) is 6.28. The van der Waals surface area contributed by atoms with Crippen LogP contribution in [0.15, 0.2) is 48.5 Å². The lowest BCUT2D eigenvalue weighted by Crippen LogP contribution is -2.38. The molecule has 0 aliphatic heterocycles. The molecule has 0 bridgehead atoms. The Bertz CT molecular complexity index is 1350. The average Bonchev–Trinajstić information content (AvgIpc) is 3.36. The molecule has 0 saturated carbocycles. The number of aromatic nitrogens is 2. The summed E-state index contributed by atoms with van der Waals surface area (Å²) in [5.41, 5.74) is 1.67. The van der Waals surface area contributed by atoms with E-state index >= 15 is 0 Å². The summed E-state index contributed by atoms with van der Waals surface area (Å²) in [5.74, 6) is -3.61. The van der Waals surface area contributed by atoms with Crippen LogP contribution in [0.3, 0.4) is 0 Å². The van der Waals surface area contributed by atoms with E-state index < -0.39 is 29.5 Å². The van der Waals surface area contributed by atoms with Crippen LogP contribution >= 0.6 is 11.3 Å². The molecular weight excluding hydrogens is 453 g/mol. The molecule has 0 spiro atoms. The van der Waals surface area contributed by atoms with Gasteiger partial charge in [0.15, 0.2) is 11.6 Å². The maximum atomic E-state index is 13.7. The van der Waals surface area contributed by atoms with Crippen molar-refractivity contribution in [2.45, 2.75) is 19.5 Å². The van der Waals surface area contributed by atoms with E-state index in [4.69, 9.17) is 0 Å². The van der Waals surface area contributed by atoms with Crippen LogP contribution in [-0.4, -0.2) is 28.6 Å². The Kier molecular flexibility index (Phi) is 6.19. The van der Waals surface area contributed by atoms with E-state index in [2.05, 4.69) is 15.7 Å². The summed E-state index contributed by atoms with van der Waals surface area (Å²) < 4.78 is 41.9. The first-order valence-electron chi connectivity index (χ1n) is 9.95. The topological polar surface area (TPSA) is 76.0 Å². The molecule has 170 valence electrons. The molecule has 4 rings (SSSR count). The number of rotatable bonds is 6. The molecule has 2 heterocycles. The van der Waals surface area contributed by atoms with Crippen LogP contribution in [0.4, 0.5) is 13.2 Å². The Balaban J connectivity index is 1.62. The largest absolute Gasteiger partial charge is 0.357 e. The van der Waals surface area contributed by atoms with Gasteiger partial charge < -0.3 is 10.6 Å². The minimum Gasteiger partial charge on any atom is -0.357 e. The van der Waals surface area contributed by atoms with Crippen LogP contribution in [0.25, 0.3) is 10.2 Å². The minimum absolute atomic E-state index is 0.112. The Hall–Kier alpha value is -3.66. The molecule has 33 heavy (non-hydrogen) atoms. The minimum atomic E-state index is -1.21. The van der Waals surface area contributed by atoms with E-state index in [9.17, 15) is 22.8 Å². The van der Waals surface area contributed by atoms with E-state index in [1.54, 1.807) is 22.9 Å². The number of benzene rings is 2. The van der Waals surface area contributed by atoms with Crippen LogP contribution in [-0.2, 0) is 11.3 Å². The second kappa shape index (κ2) is 9.07. The maximum absolute atomic E-state index is 13.7. The molecule has 10 heteroatoms. The summed E-state index contributed by atoms with van der Waals surface area (Å²) in [6.45, 7) is 2.20. The van der Waals surface area contributed by atoms with Gasteiger partial charge >= 0.3 is 0 Å². The Morgan fingerprint density at radius 1 is 1.06 bits per heavy atom. The molecule has 1 atom stereocenters. The Labute approximate surface area is 191 Å². The fourth-order valence-electron chi connectivity index (χ4n) is 3.43. The molecule has 0 aliphatic rings. The number of fused-ring (bicyclic) bond motifs is 1. The highest BCUT2D eigenvalue weighted by atomic mass is 32.1. The van der Waals surface area contributed by atoms with Crippen molar-refractivity contribution in [3.8, 4) is 0 Å². The lowest BCUT2D eigenvalue weighted by Gasteiger charge is -2.17. The van der Waals surface area contributed by atoms with Crippen LogP contribution in [0, 0.1) is 24.4 Å². The van der Waals surface area contributed by atoms with Crippen molar-refractivity contribution >= 4 is 33.4 Å². The zero-order valence-corrected chi connectivity index (χ0v) is 18.5. The van der Waals surface area contributed by atoms with Crippen molar-refractivity contribution in [2.24, 2.45) is 0 Å². The number of halogens is 3. The first-order valence-corrected chi connectivity index (χ1v) is 10.8. The second-order valence-corrected chi connectivity index (χ2v) is 8.42. The van der Waals surface area contributed by atoms with Gasteiger partial charge in [-0.2, -0.15) is 5.10 Å². The van der Waals surface area contributed by atoms with E-state index in [0.29, 0.717) is 17.1 Å². The molecule has 0 radical (unpaired) electrons. The fraction of sp³-hybridized carbons (Fsp3) is 0.174. The number of hydrogen-bond acceptors (Lipinski definition) is 4. The maximum Gasteiger partial charge on any atom is 0.262 e. The van der Waals surface area contributed by atoms with Crippen LogP contribution in [0.1, 0.15) is 32.5 Å². The van der Waals surface area contributed by atoms with Gasteiger partial charge in [-0.3, -0.25) is 14.3 Å². The summed E-state index contributed by atoms with van der Waals surface area (Å²) in [5, 5.41) is 10.3. The zero-order valence-electron chi connectivity index (χ0n) is 17.7. The van der Waals surface area contributed by atoms with Gasteiger partial charge in [-0.15, -0.1) is 11.3 Å². The highest BCUT2D eigenvalue weighted by molar-refractivity contribution is 7.20. The first kappa shape index (κ1) is 22.5. The predicted molar refractivity (Wildman–Crippen MR) is 118 cm³/mol. The summed E-state index contributed by atoms with van der Waals surface area (Å²) in [6.07, 6.45) is 0. The quantitative estimate of drug-likeness (QED) is 0.444. The van der Waals surface area contributed by atoms with Crippen molar-refractivity contribution in [2.75, 3.05) is 7.05 Å². The number of aryl methyl sites for hydroxylation is 1. The second-order valence-electron chi connectivity index (χ2n) is 7.39. The van der Waals surface area contributed by atoms with E-state index in [1.165, 1.54) is 36.6 Å². The number of nitrogens with one attached hydrogen (secondary N) is 2. The van der Waals surface area contributed by atoms with Crippen molar-refractivity contribution in [3.05, 3.63) is 87.7 Å². The molecular formula is C23H19F3N4O2S.